The van der Waals surface area contributed by atoms with E-state index in [2.05, 4.69) is 140 Å². The van der Waals surface area contributed by atoms with Crippen molar-refractivity contribution in [3.05, 3.63) is 210 Å². The first-order valence-electron chi connectivity index (χ1n) is 18.7. The second-order valence-corrected chi connectivity index (χ2v) is 14.3. The van der Waals surface area contributed by atoms with Crippen molar-refractivity contribution >= 4 is 10.8 Å². The zero-order valence-electron chi connectivity index (χ0n) is 30.0. The van der Waals surface area contributed by atoms with E-state index in [0.717, 1.165) is 61.2 Å². The van der Waals surface area contributed by atoms with Crippen molar-refractivity contribution in [1.82, 2.24) is 15.0 Å². The first-order chi connectivity index (χ1) is 27.7. The van der Waals surface area contributed by atoms with Crippen LogP contribution in [0.5, 0.6) is 11.5 Å². The predicted molar refractivity (Wildman–Crippen MR) is 221 cm³/mol. The Morgan fingerprint density at radius 1 is 0.411 bits per heavy atom. The highest BCUT2D eigenvalue weighted by molar-refractivity contribution is 5.95. The van der Waals surface area contributed by atoms with Gasteiger partial charge in [0.2, 0.25) is 0 Å². The van der Waals surface area contributed by atoms with Gasteiger partial charge >= 0.3 is 0 Å². The SMILES string of the molecule is N#Cc1cccc(-c2ccc3c(c2)C2(c4cc(-c5nc(-c6ccccc6)nc(-c6cccc7ccccc67)n5)ccc4O3)c3ccccc3-c3ccccc32)c1. The van der Waals surface area contributed by atoms with Crippen molar-refractivity contribution < 1.29 is 4.74 Å². The standard InChI is InChI=1S/C51H30N4O/c52-31-32-12-10-17-35(28-32)36-24-26-46-44(29-36)51(42-22-8-6-19-39(42)40-20-7-9-23-43(40)51)45-30-37(25-27-47(45)56-46)49-53-48(34-14-2-1-3-15-34)54-50(55-49)41-21-11-16-33-13-4-5-18-38(33)41/h1-30H. The molecular formula is C51H30N4O. The van der Waals surface area contributed by atoms with Gasteiger partial charge in [-0.05, 0) is 86.6 Å². The summed E-state index contributed by atoms with van der Waals surface area (Å²) in [6.07, 6.45) is 0. The van der Waals surface area contributed by atoms with E-state index in [4.69, 9.17) is 19.7 Å². The molecule has 1 spiro atoms. The summed E-state index contributed by atoms with van der Waals surface area (Å²) in [7, 11) is 0. The summed E-state index contributed by atoms with van der Waals surface area (Å²) in [5.41, 5.74) is 11.4. The third kappa shape index (κ3) is 4.76. The number of hydrogen-bond donors (Lipinski definition) is 0. The van der Waals surface area contributed by atoms with Crippen LogP contribution in [0.1, 0.15) is 27.8 Å². The van der Waals surface area contributed by atoms with E-state index < -0.39 is 5.41 Å². The van der Waals surface area contributed by atoms with Gasteiger partial charge in [0.25, 0.3) is 0 Å². The van der Waals surface area contributed by atoms with Crippen molar-refractivity contribution in [3.63, 3.8) is 0 Å². The lowest BCUT2D eigenvalue weighted by atomic mass is 9.65. The highest BCUT2D eigenvalue weighted by atomic mass is 16.5. The van der Waals surface area contributed by atoms with Crippen LogP contribution in [0.15, 0.2) is 182 Å². The number of rotatable bonds is 4. The molecule has 1 aliphatic carbocycles. The van der Waals surface area contributed by atoms with E-state index in [1.807, 2.05) is 48.5 Å². The maximum atomic E-state index is 9.74. The number of aromatic nitrogens is 3. The van der Waals surface area contributed by atoms with Crippen molar-refractivity contribution in [1.29, 1.82) is 5.26 Å². The molecule has 0 saturated heterocycles. The molecule has 5 heteroatoms. The summed E-state index contributed by atoms with van der Waals surface area (Å²) in [4.78, 5) is 15.5. The van der Waals surface area contributed by atoms with E-state index in [9.17, 15) is 5.26 Å². The second kappa shape index (κ2) is 12.4. The molecule has 1 aromatic heterocycles. The molecule has 5 nitrogen and oxygen atoms in total. The van der Waals surface area contributed by atoms with Crippen molar-refractivity contribution in [2.75, 3.05) is 0 Å². The molecule has 1 aliphatic heterocycles. The molecule has 2 heterocycles. The van der Waals surface area contributed by atoms with Gasteiger partial charge in [-0.2, -0.15) is 5.26 Å². The maximum Gasteiger partial charge on any atom is 0.164 e. The Labute approximate surface area is 323 Å². The fraction of sp³-hybridized carbons (Fsp3) is 0.0196. The van der Waals surface area contributed by atoms with Gasteiger partial charge in [0.15, 0.2) is 17.5 Å². The van der Waals surface area contributed by atoms with Gasteiger partial charge in [0, 0.05) is 27.8 Å². The molecule has 0 amide bonds. The average molecular weight is 715 g/mol. The van der Waals surface area contributed by atoms with Gasteiger partial charge in [0.1, 0.15) is 11.5 Å². The fourth-order valence-electron chi connectivity index (χ4n) is 8.75. The molecule has 11 rings (SSSR count). The van der Waals surface area contributed by atoms with Crippen LogP contribution in [0.2, 0.25) is 0 Å². The summed E-state index contributed by atoms with van der Waals surface area (Å²) in [5, 5.41) is 11.9. The number of hydrogen-bond acceptors (Lipinski definition) is 5. The quantitative estimate of drug-likeness (QED) is 0.181. The largest absolute Gasteiger partial charge is 0.457 e. The molecule has 0 N–H and O–H groups in total. The molecule has 9 aromatic rings. The van der Waals surface area contributed by atoms with E-state index >= 15 is 0 Å². The Kier molecular flexibility index (Phi) is 7.07. The van der Waals surface area contributed by atoms with Crippen LogP contribution in [-0.2, 0) is 5.41 Å². The summed E-state index contributed by atoms with van der Waals surface area (Å²) in [6.45, 7) is 0. The Bertz CT molecular complexity index is 3040. The number of nitrogens with zero attached hydrogens (tertiary/aromatic N) is 4. The lowest BCUT2D eigenvalue weighted by Crippen LogP contribution is -2.32. The van der Waals surface area contributed by atoms with Gasteiger partial charge in [-0.15, -0.1) is 0 Å². The molecule has 0 saturated carbocycles. The minimum absolute atomic E-state index is 0.576. The molecule has 260 valence electrons. The number of ether oxygens (including phenoxy) is 1. The van der Waals surface area contributed by atoms with E-state index in [1.165, 1.54) is 22.3 Å². The predicted octanol–water partition coefficient (Wildman–Crippen LogP) is 12.0. The van der Waals surface area contributed by atoms with Crippen molar-refractivity contribution in [3.8, 4) is 74.0 Å². The monoisotopic (exact) mass is 714 g/mol. The van der Waals surface area contributed by atoms with E-state index in [-0.39, 0.29) is 0 Å². The maximum absolute atomic E-state index is 9.74. The first kappa shape index (κ1) is 31.8. The van der Waals surface area contributed by atoms with E-state index in [1.54, 1.807) is 0 Å². The van der Waals surface area contributed by atoms with Crippen LogP contribution >= 0.6 is 0 Å². The Hall–Kier alpha value is -7.68. The highest BCUT2D eigenvalue weighted by Gasteiger charge is 2.51. The van der Waals surface area contributed by atoms with Crippen LogP contribution in [0.25, 0.3) is 67.2 Å². The van der Waals surface area contributed by atoms with Gasteiger partial charge < -0.3 is 4.74 Å². The van der Waals surface area contributed by atoms with Crippen LogP contribution < -0.4 is 4.74 Å². The minimum atomic E-state index is -0.720. The second-order valence-electron chi connectivity index (χ2n) is 14.3. The Morgan fingerprint density at radius 3 is 1.70 bits per heavy atom. The fourth-order valence-corrected chi connectivity index (χ4v) is 8.75. The van der Waals surface area contributed by atoms with Crippen molar-refractivity contribution in [2.45, 2.75) is 5.41 Å². The Morgan fingerprint density at radius 2 is 0.946 bits per heavy atom. The minimum Gasteiger partial charge on any atom is -0.457 e. The number of benzene rings is 8. The zero-order valence-corrected chi connectivity index (χ0v) is 30.0. The summed E-state index contributed by atoms with van der Waals surface area (Å²) < 4.78 is 6.85. The van der Waals surface area contributed by atoms with Crippen LogP contribution in [-0.4, -0.2) is 15.0 Å². The summed E-state index contributed by atoms with van der Waals surface area (Å²) in [5.74, 6) is 3.36. The van der Waals surface area contributed by atoms with Gasteiger partial charge in [-0.1, -0.05) is 140 Å². The third-order valence-electron chi connectivity index (χ3n) is 11.2. The van der Waals surface area contributed by atoms with Crippen molar-refractivity contribution in [2.24, 2.45) is 0 Å². The van der Waals surface area contributed by atoms with Gasteiger partial charge in [-0.3, -0.25) is 0 Å². The summed E-state index contributed by atoms with van der Waals surface area (Å²) >= 11 is 0. The molecule has 0 unspecified atom stereocenters. The lowest BCUT2D eigenvalue weighted by Gasteiger charge is -2.40. The highest BCUT2D eigenvalue weighted by Crippen LogP contribution is 2.62. The Balaban J connectivity index is 1.18. The van der Waals surface area contributed by atoms with Crippen LogP contribution in [0.4, 0.5) is 0 Å². The molecule has 8 aromatic carbocycles. The normalized spacial score (nSPS) is 12.9. The van der Waals surface area contributed by atoms with Crippen LogP contribution in [0, 0.1) is 11.3 Å². The summed E-state index contributed by atoms with van der Waals surface area (Å²) in [6, 6.07) is 64.9. The molecule has 0 fully saturated rings. The zero-order chi connectivity index (χ0) is 37.2. The van der Waals surface area contributed by atoms with Gasteiger partial charge in [-0.25, -0.2) is 15.0 Å². The van der Waals surface area contributed by atoms with Gasteiger partial charge in [0.05, 0.1) is 17.0 Å². The van der Waals surface area contributed by atoms with Crippen LogP contribution in [0.3, 0.4) is 0 Å². The molecular weight excluding hydrogens is 685 g/mol. The first-order valence-corrected chi connectivity index (χ1v) is 18.7. The molecule has 0 radical (unpaired) electrons. The number of fused-ring (bicyclic) bond motifs is 10. The average Bonchev–Trinajstić information content (AvgIpc) is 3.57. The third-order valence-corrected chi connectivity index (χ3v) is 11.2. The topological polar surface area (TPSA) is 71.7 Å². The molecule has 2 aliphatic rings. The van der Waals surface area contributed by atoms with E-state index in [0.29, 0.717) is 23.0 Å². The molecule has 0 bridgehead atoms. The number of nitriles is 1. The lowest BCUT2D eigenvalue weighted by molar-refractivity contribution is 0.436. The smallest absolute Gasteiger partial charge is 0.164 e. The molecule has 0 atom stereocenters. The molecule has 56 heavy (non-hydrogen) atoms.